The molecule has 0 bridgehead atoms. The van der Waals surface area contributed by atoms with Gasteiger partial charge in [0.2, 0.25) is 0 Å². The van der Waals surface area contributed by atoms with Gasteiger partial charge in [-0.3, -0.25) is 0 Å². The van der Waals surface area contributed by atoms with Crippen molar-refractivity contribution in [2.75, 3.05) is 0 Å². The van der Waals surface area contributed by atoms with Gasteiger partial charge in [0, 0.05) is 11.8 Å². The Kier molecular flexibility index (Phi) is 2.41. The van der Waals surface area contributed by atoms with E-state index >= 15 is 0 Å². The lowest BCUT2D eigenvalue weighted by atomic mass is 10.1. The van der Waals surface area contributed by atoms with Crippen molar-refractivity contribution in [3.05, 3.63) is 47.6 Å². The first-order chi connectivity index (χ1) is 6.77. The minimum absolute atomic E-state index is 0.279. The number of benzene rings is 1. The van der Waals surface area contributed by atoms with E-state index < -0.39 is 0 Å². The van der Waals surface area contributed by atoms with E-state index in [0.29, 0.717) is 10.7 Å². The van der Waals surface area contributed by atoms with Gasteiger partial charge in [-0.05, 0) is 24.3 Å². The summed E-state index contributed by atoms with van der Waals surface area (Å²) in [5.41, 5.74) is 1.39. The van der Waals surface area contributed by atoms with Gasteiger partial charge >= 0.3 is 0 Å². The molecule has 0 saturated carbocycles. The molecule has 14 heavy (non-hydrogen) atoms. The molecule has 4 heteroatoms. The molecule has 0 aliphatic rings. The standard InChI is InChI=1S/C10H6ClFN2/c11-9-5-13-6-14-10(9)7-1-3-8(12)4-2-7/h1-6H. The van der Waals surface area contributed by atoms with Gasteiger partial charge in [-0.2, -0.15) is 0 Å². The van der Waals surface area contributed by atoms with Crippen molar-refractivity contribution < 1.29 is 4.39 Å². The molecule has 1 heterocycles. The van der Waals surface area contributed by atoms with Crippen LogP contribution in [0.5, 0.6) is 0 Å². The van der Waals surface area contributed by atoms with E-state index in [4.69, 9.17) is 11.6 Å². The lowest BCUT2D eigenvalue weighted by molar-refractivity contribution is 0.628. The zero-order chi connectivity index (χ0) is 9.97. The molecule has 2 nitrogen and oxygen atoms in total. The average Bonchev–Trinajstić information content (AvgIpc) is 2.20. The molecule has 0 radical (unpaired) electrons. The number of hydrogen-bond acceptors (Lipinski definition) is 2. The summed E-state index contributed by atoms with van der Waals surface area (Å²) in [5, 5.41) is 0.458. The number of hydrogen-bond donors (Lipinski definition) is 0. The predicted octanol–water partition coefficient (Wildman–Crippen LogP) is 2.94. The molecule has 0 aliphatic heterocycles. The Hall–Kier alpha value is -1.48. The van der Waals surface area contributed by atoms with Gasteiger partial charge in [-0.1, -0.05) is 11.6 Å². The molecule has 1 aromatic carbocycles. The molecule has 0 aliphatic carbocycles. The Labute approximate surface area is 85.4 Å². The van der Waals surface area contributed by atoms with E-state index in [1.807, 2.05) is 0 Å². The molecular formula is C10H6ClFN2. The number of halogens is 2. The van der Waals surface area contributed by atoms with Gasteiger partial charge < -0.3 is 0 Å². The average molecular weight is 209 g/mol. The summed E-state index contributed by atoms with van der Waals surface area (Å²) in [6.45, 7) is 0. The van der Waals surface area contributed by atoms with Crippen molar-refractivity contribution in [3.63, 3.8) is 0 Å². The molecule has 70 valence electrons. The van der Waals surface area contributed by atoms with Crippen molar-refractivity contribution in [1.82, 2.24) is 9.97 Å². The van der Waals surface area contributed by atoms with Crippen LogP contribution in [0.1, 0.15) is 0 Å². The highest BCUT2D eigenvalue weighted by Gasteiger charge is 2.03. The van der Waals surface area contributed by atoms with E-state index in [1.165, 1.54) is 24.7 Å². The van der Waals surface area contributed by atoms with Crippen LogP contribution in [0.15, 0.2) is 36.8 Å². The van der Waals surface area contributed by atoms with Gasteiger partial charge in [0.05, 0.1) is 10.7 Å². The topological polar surface area (TPSA) is 25.8 Å². The maximum absolute atomic E-state index is 12.6. The molecule has 1 aromatic heterocycles. The van der Waals surface area contributed by atoms with E-state index in [1.54, 1.807) is 12.1 Å². The fourth-order valence-electron chi connectivity index (χ4n) is 1.13. The van der Waals surface area contributed by atoms with Crippen LogP contribution in [0.25, 0.3) is 11.3 Å². The fraction of sp³-hybridized carbons (Fsp3) is 0. The maximum atomic E-state index is 12.6. The minimum atomic E-state index is -0.279. The molecule has 0 unspecified atom stereocenters. The Balaban J connectivity index is 2.50. The second kappa shape index (κ2) is 3.72. The Bertz CT molecular complexity index is 442. The second-order valence-electron chi connectivity index (χ2n) is 2.73. The third kappa shape index (κ3) is 1.72. The Morgan fingerprint density at radius 1 is 1.14 bits per heavy atom. The van der Waals surface area contributed by atoms with Gasteiger partial charge in [0.15, 0.2) is 0 Å². The summed E-state index contributed by atoms with van der Waals surface area (Å²) in [6.07, 6.45) is 2.91. The zero-order valence-electron chi connectivity index (χ0n) is 7.11. The fourth-order valence-corrected chi connectivity index (χ4v) is 1.35. The van der Waals surface area contributed by atoms with Crippen molar-refractivity contribution in [2.24, 2.45) is 0 Å². The minimum Gasteiger partial charge on any atom is -0.243 e. The smallest absolute Gasteiger partial charge is 0.123 e. The molecule has 0 fully saturated rings. The first-order valence-electron chi connectivity index (χ1n) is 3.99. The van der Waals surface area contributed by atoms with Crippen LogP contribution >= 0.6 is 11.6 Å². The van der Waals surface area contributed by atoms with Gasteiger partial charge in [0.25, 0.3) is 0 Å². The number of nitrogens with zero attached hydrogens (tertiary/aromatic N) is 2. The van der Waals surface area contributed by atoms with Crippen LogP contribution in [0.2, 0.25) is 5.02 Å². The number of aromatic nitrogens is 2. The summed E-state index contributed by atoms with van der Waals surface area (Å²) < 4.78 is 12.6. The normalized spacial score (nSPS) is 10.1. The van der Waals surface area contributed by atoms with Crippen LogP contribution < -0.4 is 0 Å². The highest BCUT2D eigenvalue weighted by atomic mass is 35.5. The lowest BCUT2D eigenvalue weighted by Crippen LogP contribution is -1.86. The summed E-state index contributed by atoms with van der Waals surface area (Å²) in [4.78, 5) is 7.78. The van der Waals surface area contributed by atoms with E-state index in [2.05, 4.69) is 9.97 Å². The van der Waals surface area contributed by atoms with Crippen LogP contribution in [-0.2, 0) is 0 Å². The zero-order valence-corrected chi connectivity index (χ0v) is 7.87. The molecule has 0 atom stereocenters. The van der Waals surface area contributed by atoms with Gasteiger partial charge in [0.1, 0.15) is 12.1 Å². The molecule has 0 amide bonds. The van der Waals surface area contributed by atoms with E-state index in [0.717, 1.165) is 5.56 Å². The van der Waals surface area contributed by atoms with E-state index in [-0.39, 0.29) is 5.82 Å². The largest absolute Gasteiger partial charge is 0.243 e. The SMILES string of the molecule is Fc1ccc(-c2ncncc2Cl)cc1. The number of rotatable bonds is 1. The summed E-state index contributed by atoms with van der Waals surface area (Å²) in [6, 6.07) is 5.99. The van der Waals surface area contributed by atoms with E-state index in [9.17, 15) is 4.39 Å². The predicted molar refractivity (Wildman–Crippen MR) is 52.4 cm³/mol. The van der Waals surface area contributed by atoms with Crippen molar-refractivity contribution >= 4 is 11.6 Å². The highest BCUT2D eigenvalue weighted by Crippen LogP contribution is 2.23. The van der Waals surface area contributed by atoms with Gasteiger partial charge in [-0.25, -0.2) is 14.4 Å². The first-order valence-corrected chi connectivity index (χ1v) is 4.36. The molecule has 0 N–H and O–H groups in total. The van der Waals surface area contributed by atoms with Crippen LogP contribution in [0.3, 0.4) is 0 Å². The van der Waals surface area contributed by atoms with Gasteiger partial charge in [-0.15, -0.1) is 0 Å². The van der Waals surface area contributed by atoms with Crippen LogP contribution in [-0.4, -0.2) is 9.97 Å². The third-order valence-electron chi connectivity index (χ3n) is 1.79. The highest BCUT2D eigenvalue weighted by molar-refractivity contribution is 6.32. The molecule has 0 saturated heterocycles. The lowest BCUT2D eigenvalue weighted by Gasteiger charge is -2.01. The molecule has 0 spiro atoms. The van der Waals surface area contributed by atoms with Crippen LogP contribution in [0.4, 0.5) is 4.39 Å². The van der Waals surface area contributed by atoms with Crippen molar-refractivity contribution in [1.29, 1.82) is 0 Å². The molecule has 2 rings (SSSR count). The Morgan fingerprint density at radius 2 is 1.86 bits per heavy atom. The maximum Gasteiger partial charge on any atom is 0.123 e. The summed E-state index contributed by atoms with van der Waals surface area (Å²) in [7, 11) is 0. The molecular weight excluding hydrogens is 203 g/mol. The second-order valence-corrected chi connectivity index (χ2v) is 3.13. The third-order valence-corrected chi connectivity index (χ3v) is 2.06. The monoisotopic (exact) mass is 208 g/mol. The van der Waals surface area contributed by atoms with Crippen molar-refractivity contribution in [3.8, 4) is 11.3 Å². The summed E-state index contributed by atoms with van der Waals surface area (Å²) in [5.74, 6) is -0.279. The summed E-state index contributed by atoms with van der Waals surface area (Å²) >= 11 is 5.88. The molecule has 2 aromatic rings. The van der Waals surface area contributed by atoms with Crippen molar-refractivity contribution in [2.45, 2.75) is 0 Å². The first kappa shape index (κ1) is 9.09. The quantitative estimate of drug-likeness (QED) is 0.720. The van der Waals surface area contributed by atoms with Crippen LogP contribution in [0, 0.1) is 5.82 Å². The Morgan fingerprint density at radius 3 is 2.50 bits per heavy atom.